The summed E-state index contributed by atoms with van der Waals surface area (Å²) in [5.74, 6) is -3.54. The van der Waals surface area contributed by atoms with Gasteiger partial charge in [-0.15, -0.1) is 0 Å². The van der Waals surface area contributed by atoms with Gasteiger partial charge in [0.15, 0.2) is 11.6 Å². The van der Waals surface area contributed by atoms with E-state index in [2.05, 4.69) is 38.5 Å². The van der Waals surface area contributed by atoms with E-state index in [-0.39, 0.29) is 40.0 Å². The molecule has 1 heterocycles. The average Bonchev–Trinajstić information content (AvgIpc) is 3.21. The number of fused-ring (bicyclic) bond motifs is 4. The highest BCUT2D eigenvalue weighted by Crippen LogP contribution is 2.57. The second kappa shape index (κ2) is 9.34. The summed E-state index contributed by atoms with van der Waals surface area (Å²) in [5, 5.41) is 12.9. The lowest BCUT2D eigenvalue weighted by molar-refractivity contribution is -0.123. The number of halogens is 2. The van der Waals surface area contributed by atoms with Crippen LogP contribution >= 0.6 is 38.5 Å². The first-order chi connectivity index (χ1) is 19.3. The number of hydrogen-bond acceptors (Lipinski definition) is 5. The zero-order valence-corrected chi connectivity index (χ0v) is 24.7. The largest absolute Gasteiger partial charge is 0.508 e. The van der Waals surface area contributed by atoms with E-state index in [0.717, 1.165) is 19.9 Å². The maximum absolute atomic E-state index is 14.0. The van der Waals surface area contributed by atoms with Crippen molar-refractivity contribution in [2.75, 3.05) is 4.90 Å². The third-order valence-corrected chi connectivity index (χ3v) is 9.96. The van der Waals surface area contributed by atoms with E-state index < -0.39 is 23.7 Å². The quantitative estimate of drug-likeness (QED) is 0.150. The summed E-state index contributed by atoms with van der Waals surface area (Å²) in [4.78, 5) is 56.0. The van der Waals surface area contributed by atoms with Gasteiger partial charge in [0.05, 0.1) is 22.0 Å². The maximum Gasteiger partial charge on any atom is 0.238 e. The molecule has 198 valence electrons. The van der Waals surface area contributed by atoms with Crippen molar-refractivity contribution in [1.82, 2.24) is 0 Å². The zero-order chi connectivity index (χ0) is 27.9. The Morgan fingerprint density at radius 3 is 2.42 bits per heavy atom. The summed E-state index contributed by atoms with van der Waals surface area (Å²) < 4.78 is 1.16. The second-order valence-electron chi connectivity index (χ2n) is 10.6. The summed E-state index contributed by atoms with van der Waals surface area (Å²) in [6.07, 6.45) is 3.78. The van der Waals surface area contributed by atoms with E-state index in [9.17, 15) is 24.3 Å². The number of ketones is 2. The van der Waals surface area contributed by atoms with Crippen molar-refractivity contribution in [1.29, 1.82) is 0 Å². The lowest BCUT2D eigenvalue weighted by atomic mass is 9.59. The van der Waals surface area contributed by atoms with Crippen LogP contribution in [0.15, 0.2) is 94.0 Å². The monoisotopic (exact) mass is 705 g/mol. The van der Waals surface area contributed by atoms with Crippen molar-refractivity contribution in [3.63, 3.8) is 0 Å². The van der Waals surface area contributed by atoms with Crippen LogP contribution < -0.4 is 4.90 Å². The molecule has 40 heavy (non-hydrogen) atoms. The number of carbonyl (C=O) groups excluding carboxylic acids is 4. The van der Waals surface area contributed by atoms with Crippen LogP contribution in [0.1, 0.15) is 24.3 Å². The first-order valence-electron chi connectivity index (χ1n) is 13.0. The number of carbonyl (C=O) groups is 4. The normalized spacial score (nSPS) is 26.0. The molecule has 6 nitrogen and oxygen atoms in total. The Morgan fingerprint density at radius 1 is 0.900 bits per heavy atom. The fraction of sp³-hybridized carbons (Fsp3) is 0.188. The molecule has 3 aliphatic carbocycles. The first-order valence-corrected chi connectivity index (χ1v) is 14.9. The lowest BCUT2D eigenvalue weighted by Crippen LogP contribution is -2.39. The molecule has 0 saturated carbocycles. The van der Waals surface area contributed by atoms with Gasteiger partial charge in [0.2, 0.25) is 11.8 Å². The second-order valence-corrected chi connectivity index (χ2v) is 12.7. The van der Waals surface area contributed by atoms with E-state index in [1.165, 1.54) is 11.0 Å². The molecular formula is C32H21BrINO5. The van der Waals surface area contributed by atoms with E-state index in [1.807, 2.05) is 48.5 Å². The van der Waals surface area contributed by atoms with Gasteiger partial charge < -0.3 is 5.11 Å². The van der Waals surface area contributed by atoms with Gasteiger partial charge in [0, 0.05) is 32.3 Å². The molecule has 1 fully saturated rings. The maximum atomic E-state index is 14.0. The molecule has 0 spiro atoms. The molecule has 0 unspecified atom stereocenters. The molecule has 7 rings (SSSR count). The minimum absolute atomic E-state index is 0.0161. The van der Waals surface area contributed by atoms with Gasteiger partial charge in [-0.05, 0) is 98.4 Å². The third-order valence-electron chi connectivity index (χ3n) is 8.65. The van der Waals surface area contributed by atoms with Crippen LogP contribution in [0.2, 0.25) is 0 Å². The molecular weight excluding hydrogens is 685 g/mol. The van der Waals surface area contributed by atoms with Crippen LogP contribution in [0, 0.1) is 21.3 Å². The fourth-order valence-electron chi connectivity index (χ4n) is 6.97. The molecule has 1 aliphatic heterocycles. The van der Waals surface area contributed by atoms with E-state index in [0.29, 0.717) is 28.8 Å². The molecule has 3 aromatic rings. The molecule has 4 atom stereocenters. The molecule has 0 bridgehead atoms. The Balaban J connectivity index is 1.42. The predicted molar refractivity (Wildman–Crippen MR) is 162 cm³/mol. The average molecular weight is 706 g/mol. The van der Waals surface area contributed by atoms with E-state index in [4.69, 9.17) is 0 Å². The number of rotatable bonds is 2. The Labute approximate surface area is 251 Å². The first kappa shape index (κ1) is 25.6. The molecule has 4 aliphatic rings. The molecule has 0 aromatic heterocycles. The zero-order valence-electron chi connectivity index (χ0n) is 20.9. The predicted octanol–water partition coefficient (Wildman–Crippen LogP) is 6.12. The van der Waals surface area contributed by atoms with Gasteiger partial charge in [0.25, 0.3) is 0 Å². The third kappa shape index (κ3) is 3.65. The number of allylic oxidation sites excluding steroid dienone is 6. The van der Waals surface area contributed by atoms with Gasteiger partial charge in [-0.2, -0.15) is 0 Å². The number of imide groups is 1. The number of nitrogens with zero attached hydrogens (tertiary/aromatic N) is 1. The van der Waals surface area contributed by atoms with E-state index >= 15 is 0 Å². The highest BCUT2D eigenvalue weighted by molar-refractivity contribution is 14.1. The number of benzene rings is 3. The smallest absolute Gasteiger partial charge is 0.238 e. The SMILES string of the molecule is O=C1C=C(Br)C(=O)C2=C1[C@@H](c1c(O)ccc3ccccc13)C1=CC[C@@H]3C(=O)N(c4ccc(I)cc4)C(=O)[C@@H]3[C@@H]1C2. The summed E-state index contributed by atoms with van der Waals surface area (Å²) >= 11 is 5.44. The molecule has 2 amide bonds. The fourth-order valence-corrected chi connectivity index (χ4v) is 7.78. The Kier molecular flexibility index (Phi) is 5.98. The van der Waals surface area contributed by atoms with Crippen molar-refractivity contribution in [3.05, 3.63) is 103 Å². The molecule has 0 radical (unpaired) electrons. The van der Waals surface area contributed by atoms with E-state index in [1.54, 1.807) is 18.2 Å². The topological polar surface area (TPSA) is 91.8 Å². The Bertz CT molecular complexity index is 1790. The van der Waals surface area contributed by atoms with Crippen LogP contribution in [0.4, 0.5) is 5.69 Å². The highest BCUT2D eigenvalue weighted by atomic mass is 127. The number of Topliss-reactive ketones (excluding diaryl/α,β-unsaturated/α-hetero) is 1. The molecule has 3 aromatic carbocycles. The van der Waals surface area contributed by atoms with Crippen molar-refractivity contribution < 1.29 is 24.3 Å². The Morgan fingerprint density at radius 2 is 1.65 bits per heavy atom. The van der Waals surface area contributed by atoms with Crippen molar-refractivity contribution in [2.45, 2.75) is 18.8 Å². The molecule has 1 saturated heterocycles. The van der Waals surface area contributed by atoms with Crippen LogP contribution in [0.25, 0.3) is 10.8 Å². The standard InChI is InChI=1S/C32H21BrINO5/c33-23-14-25(37)28-22(30(23)38)13-21-19(29(28)27-18-4-2-1-3-15(18)5-12-24(27)36)10-11-20-26(21)32(40)35(31(20)39)17-8-6-16(34)7-9-17/h1-10,12,14,20-21,26,29,36H,11,13H2/t20-,21+,26-,29+/m0/s1. The van der Waals surface area contributed by atoms with Crippen LogP contribution in [0.3, 0.4) is 0 Å². The number of phenols is 1. The van der Waals surface area contributed by atoms with Crippen molar-refractivity contribution in [3.8, 4) is 5.75 Å². The Hall–Kier alpha value is -3.37. The summed E-state index contributed by atoms with van der Waals surface area (Å²) in [5.41, 5.74) is 2.56. The van der Waals surface area contributed by atoms with Gasteiger partial charge in [-0.3, -0.25) is 24.1 Å². The van der Waals surface area contributed by atoms with Gasteiger partial charge in [-0.1, -0.05) is 42.0 Å². The van der Waals surface area contributed by atoms with Gasteiger partial charge in [-0.25, -0.2) is 0 Å². The van der Waals surface area contributed by atoms with Crippen molar-refractivity contribution >= 4 is 78.4 Å². The van der Waals surface area contributed by atoms with Crippen LogP contribution in [0.5, 0.6) is 5.75 Å². The number of hydrogen-bond donors (Lipinski definition) is 1. The van der Waals surface area contributed by atoms with Gasteiger partial charge >= 0.3 is 0 Å². The highest BCUT2D eigenvalue weighted by Gasteiger charge is 2.57. The summed E-state index contributed by atoms with van der Waals surface area (Å²) in [6, 6.07) is 18.3. The number of phenolic OH excluding ortho intramolecular Hbond substituents is 1. The van der Waals surface area contributed by atoms with Crippen LogP contribution in [-0.4, -0.2) is 28.5 Å². The van der Waals surface area contributed by atoms with Gasteiger partial charge in [0.1, 0.15) is 5.75 Å². The number of aromatic hydroxyl groups is 1. The van der Waals surface area contributed by atoms with Crippen LogP contribution in [-0.2, 0) is 19.2 Å². The number of anilines is 1. The van der Waals surface area contributed by atoms with Crippen molar-refractivity contribution in [2.24, 2.45) is 17.8 Å². The lowest BCUT2D eigenvalue weighted by Gasteiger charge is -2.42. The number of amides is 2. The minimum atomic E-state index is -0.718. The summed E-state index contributed by atoms with van der Waals surface area (Å²) in [7, 11) is 0. The molecule has 8 heteroatoms. The minimum Gasteiger partial charge on any atom is -0.508 e. The summed E-state index contributed by atoms with van der Waals surface area (Å²) in [6.45, 7) is 0. The molecule has 1 N–H and O–H groups in total.